The molecule has 0 aliphatic rings. The van der Waals surface area contributed by atoms with Crippen LogP contribution in [0.1, 0.15) is 27.0 Å². The number of nitrogens with zero attached hydrogens (tertiary/aromatic N) is 1. The molecule has 0 saturated carbocycles. The van der Waals surface area contributed by atoms with Crippen LogP contribution in [0.5, 0.6) is 0 Å². The summed E-state index contributed by atoms with van der Waals surface area (Å²) in [6.45, 7) is 0.174. The Morgan fingerprint density at radius 2 is 1.96 bits per heavy atom. The Labute approximate surface area is 163 Å². The van der Waals surface area contributed by atoms with Gasteiger partial charge >= 0.3 is 11.8 Å². The van der Waals surface area contributed by atoms with Crippen molar-refractivity contribution in [1.82, 2.24) is 5.32 Å². The van der Waals surface area contributed by atoms with Crippen molar-refractivity contribution in [2.24, 2.45) is 0 Å². The highest BCUT2D eigenvalue weighted by Crippen LogP contribution is 2.29. The highest BCUT2D eigenvalue weighted by atomic mass is 32.1. The number of hydrogen-bond acceptors (Lipinski definition) is 6. The third-order valence-electron chi connectivity index (χ3n) is 3.74. The molecule has 2 heterocycles. The summed E-state index contributed by atoms with van der Waals surface area (Å²) in [7, 11) is 0. The third-order valence-corrected chi connectivity index (χ3v) is 5.58. The molecule has 1 atom stereocenters. The molecular formula is C19H15N3O3S2. The molecule has 136 valence electrons. The summed E-state index contributed by atoms with van der Waals surface area (Å²) < 4.78 is 0. The number of carbonyl (C=O) groups is 2. The fourth-order valence-corrected chi connectivity index (χ4v) is 3.99. The predicted molar refractivity (Wildman–Crippen MR) is 104 cm³/mol. The molecule has 0 spiro atoms. The number of para-hydroxylation sites is 1. The quantitative estimate of drug-likeness (QED) is 0.576. The number of aliphatic hydroxyl groups is 1. The fourth-order valence-electron chi connectivity index (χ4n) is 2.35. The van der Waals surface area contributed by atoms with Gasteiger partial charge in [-0.1, -0.05) is 12.1 Å². The maximum Gasteiger partial charge on any atom is 0.313 e. The van der Waals surface area contributed by atoms with E-state index >= 15 is 0 Å². The minimum absolute atomic E-state index is 0.174. The van der Waals surface area contributed by atoms with Crippen molar-refractivity contribution in [3.05, 3.63) is 74.1 Å². The molecule has 3 N–H and O–H groups in total. The van der Waals surface area contributed by atoms with Crippen LogP contribution in [0.2, 0.25) is 0 Å². The van der Waals surface area contributed by atoms with Crippen LogP contribution in [-0.4, -0.2) is 16.9 Å². The number of thiophene rings is 2. The van der Waals surface area contributed by atoms with Gasteiger partial charge in [0.15, 0.2) is 0 Å². The first-order chi connectivity index (χ1) is 13.1. The van der Waals surface area contributed by atoms with E-state index in [1.807, 2.05) is 22.9 Å². The summed E-state index contributed by atoms with van der Waals surface area (Å²) in [6.07, 6.45) is -0.698. The molecule has 2 aromatic heterocycles. The molecule has 6 nitrogen and oxygen atoms in total. The molecule has 1 unspecified atom stereocenters. The zero-order valence-corrected chi connectivity index (χ0v) is 15.6. The maximum atomic E-state index is 12.0. The minimum Gasteiger partial charge on any atom is -0.383 e. The Morgan fingerprint density at radius 1 is 1.15 bits per heavy atom. The van der Waals surface area contributed by atoms with Crippen molar-refractivity contribution in [3.8, 4) is 6.07 Å². The largest absolute Gasteiger partial charge is 0.383 e. The van der Waals surface area contributed by atoms with Crippen LogP contribution in [0, 0.1) is 11.3 Å². The Kier molecular flexibility index (Phi) is 5.98. The lowest BCUT2D eigenvalue weighted by Gasteiger charge is -2.07. The number of rotatable bonds is 5. The summed E-state index contributed by atoms with van der Waals surface area (Å²) >= 11 is 2.88. The van der Waals surface area contributed by atoms with Crippen LogP contribution in [0.4, 0.5) is 5.69 Å². The van der Waals surface area contributed by atoms with E-state index in [9.17, 15) is 14.7 Å². The Hall–Kier alpha value is -2.99. The molecule has 0 fully saturated rings. The molecule has 3 aromatic rings. The van der Waals surface area contributed by atoms with Crippen LogP contribution < -0.4 is 10.6 Å². The first-order valence-corrected chi connectivity index (χ1v) is 9.71. The highest BCUT2D eigenvalue weighted by molar-refractivity contribution is 7.12. The lowest BCUT2D eigenvalue weighted by molar-refractivity contribution is -0.136. The molecule has 8 heteroatoms. The van der Waals surface area contributed by atoms with Crippen molar-refractivity contribution >= 4 is 40.2 Å². The van der Waals surface area contributed by atoms with Crippen LogP contribution >= 0.6 is 22.7 Å². The molecule has 27 heavy (non-hydrogen) atoms. The zero-order chi connectivity index (χ0) is 19.2. The normalized spacial score (nSPS) is 11.4. The predicted octanol–water partition coefficient (Wildman–Crippen LogP) is 3.02. The standard InChI is InChI=1S/C19H15N3O3S2/c20-9-12-3-1-2-4-15(12)22-19(25)18(24)21-10-14-5-6-16(27-14)17(23)13-7-8-26-11-13/h1-8,11,17,23H,10H2,(H,21,24)(H,22,25). The van der Waals surface area contributed by atoms with Gasteiger partial charge in [-0.05, 0) is 46.7 Å². The van der Waals surface area contributed by atoms with Gasteiger partial charge in [-0.25, -0.2) is 0 Å². The number of anilines is 1. The number of amides is 2. The van der Waals surface area contributed by atoms with E-state index in [1.54, 1.807) is 36.4 Å². The van der Waals surface area contributed by atoms with E-state index in [0.29, 0.717) is 0 Å². The molecule has 0 bridgehead atoms. The average Bonchev–Trinajstić information content (AvgIpc) is 3.38. The van der Waals surface area contributed by atoms with Crippen LogP contribution in [0.15, 0.2) is 53.2 Å². The number of nitriles is 1. The second-order valence-electron chi connectivity index (χ2n) is 5.56. The van der Waals surface area contributed by atoms with Crippen molar-refractivity contribution < 1.29 is 14.7 Å². The maximum absolute atomic E-state index is 12.0. The van der Waals surface area contributed by atoms with E-state index in [4.69, 9.17) is 5.26 Å². The van der Waals surface area contributed by atoms with Crippen molar-refractivity contribution in [2.75, 3.05) is 5.32 Å². The lowest BCUT2D eigenvalue weighted by Crippen LogP contribution is -2.34. The fraction of sp³-hybridized carbons (Fsp3) is 0.105. The van der Waals surface area contributed by atoms with E-state index in [1.165, 1.54) is 22.7 Å². The Morgan fingerprint density at radius 3 is 2.70 bits per heavy atom. The van der Waals surface area contributed by atoms with E-state index in [-0.39, 0.29) is 17.8 Å². The van der Waals surface area contributed by atoms with E-state index < -0.39 is 17.9 Å². The monoisotopic (exact) mass is 397 g/mol. The van der Waals surface area contributed by atoms with E-state index in [2.05, 4.69) is 10.6 Å². The molecule has 1 aromatic carbocycles. The molecule has 3 rings (SSSR count). The minimum atomic E-state index is -0.840. The van der Waals surface area contributed by atoms with Gasteiger partial charge in [-0.3, -0.25) is 9.59 Å². The molecule has 0 saturated heterocycles. The van der Waals surface area contributed by atoms with Gasteiger partial charge in [-0.15, -0.1) is 11.3 Å². The number of benzene rings is 1. The first-order valence-electron chi connectivity index (χ1n) is 7.95. The summed E-state index contributed by atoms with van der Waals surface area (Å²) in [5.41, 5.74) is 1.40. The van der Waals surface area contributed by atoms with Gasteiger partial charge in [0, 0.05) is 9.75 Å². The van der Waals surface area contributed by atoms with Gasteiger partial charge in [0.2, 0.25) is 0 Å². The van der Waals surface area contributed by atoms with Crippen molar-refractivity contribution in [2.45, 2.75) is 12.6 Å². The first kappa shape index (κ1) is 18.8. The summed E-state index contributed by atoms with van der Waals surface area (Å²) in [4.78, 5) is 25.6. The average molecular weight is 397 g/mol. The second-order valence-corrected chi connectivity index (χ2v) is 7.54. The Balaban J connectivity index is 1.56. The van der Waals surface area contributed by atoms with Gasteiger partial charge in [-0.2, -0.15) is 16.6 Å². The molecule has 2 amide bonds. The van der Waals surface area contributed by atoms with E-state index in [0.717, 1.165) is 15.3 Å². The number of hydrogen-bond donors (Lipinski definition) is 3. The number of carbonyl (C=O) groups excluding carboxylic acids is 2. The molecule has 0 aliphatic heterocycles. The van der Waals surface area contributed by atoms with Crippen LogP contribution in [0.25, 0.3) is 0 Å². The Bertz CT molecular complexity index is 990. The van der Waals surface area contributed by atoms with Gasteiger partial charge in [0.25, 0.3) is 0 Å². The molecule has 0 aliphatic carbocycles. The summed E-state index contributed by atoms with van der Waals surface area (Å²) in [6, 6.07) is 13.9. The number of aliphatic hydroxyl groups excluding tert-OH is 1. The topological polar surface area (TPSA) is 102 Å². The SMILES string of the molecule is N#Cc1ccccc1NC(=O)C(=O)NCc1ccc(C(O)c2ccsc2)s1. The highest BCUT2D eigenvalue weighted by Gasteiger charge is 2.17. The van der Waals surface area contributed by atoms with Crippen LogP contribution in [-0.2, 0) is 16.1 Å². The smallest absolute Gasteiger partial charge is 0.313 e. The number of nitrogens with one attached hydrogen (secondary N) is 2. The van der Waals surface area contributed by atoms with Gasteiger partial charge in [0.05, 0.1) is 17.8 Å². The second kappa shape index (κ2) is 8.60. The summed E-state index contributed by atoms with van der Waals surface area (Å²) in [5, 5.41) is 28.1. The van der Waals surface area contributed by atoms with Crippen molar-refractivity contribution in [3.63, 3.8) is 0 Å². The van der Waals surface area contributed by atoms with Crippen molar-refractivity contribution in [1.29, 1.82) is 5.26 Å². The molecule has 0 radical (unpaired) electrons. The van der Waals surface area contributed by atoms with Crippen LogP contribution in [0.3, 0.4) is 0 Å². The van der Waals surface area contributed by atoms with Gasteiger partial charge in [0.1, 0.15) is 12.2 Å². The lowest BCUT2D eigenvalue weighted by atomic mass is 10.2. The zero-order valence-electron chi connectivity index (χ0n) is 14.0. The summed E-state index contributed by atoms with van der Waals surface area (Å²) in [5.74, 6) is -1.64. The van der Waals surface area contributed by atoms with Gasteiger partial charge < -0.3 is 15.7 Å². The molecular weight excluding hydrogens is 382 g/mol. The third kappa shape index (κ3) is 4.60.